The number of hydrogen-bond acceptors (Lipinski definition) is 5. The third-order valence-corrected chi connectivity index (χ3v) is 7.27. The number of nitrogens with one attached hydrogen (secondary N) is 3. The molecule has 5 rings (SSSR count). The molecule has 0 atom stereocenters. The Bertz CT molecular complexity index is 1440. The summed E-state index contributed by atoms with van der Waals surface area (Å²) in [5, 5.41) is 8.73. The number of rotatable bonds is 11. The number of aromatic amines is 1. The van der Waals surface area contributed by atoms with Gasteiger partial charge in [-0.25, -0.2) is 0 Å². The van der Waals surface area contributed by atoms with Crippen LogP contribution in [0.1, 0.15) is 62.3 Å². The summed E-state index contributed by atoms with van der Waals surface area (Å²) < 4.78 is 5.63. The molecule has 1 aliphatic carbocycles. The van der Waals surface area contributed by atoms with Crippen molar-refractivity contribution in [2.24, 2.45) is 0 Å². The molecule has 1 amide bonds. The molecule has 2 heterocycles. The Labute approximate surface area is 223 Å². The topological polar surface area (TPSA) is 96.1 Å². The lowest BCUT2D eigenvalue weighted by Crippen LogP contribution is -2.22. The number of fused-ring (bicyclic) bond motifs is 3. The molecule has 0 spiro atoms. The highest BCUT2D eigenvalue weighted by atomic mass is 16.5. The molecule has 38 heavy (non-hydrogen) atoms. The lowest BCUT2D eigenvalue weighted by Gasteiger charge is -2.21. The van der Waals surface area contributed by atoms with Gasteiger partial charge in [0, 0.05) is 60.3 Å². The number of H-pyrrole nitrogens is 1. The molecule has 0 saturated carbocycles. The summed E-state index contributed by atoms with van der Waals surface area (Å²) in [5.41, 5.74) is 7.02. The minimum Gasteiger partial charge on any atom is -0.427 e. The highest BCUT2D eigenvalue weighted by Crippen LogP contribution is 2.33. The van der Waals surface area contributed by atoms with Crippen LogP contribution >= 0.6 is 0 Å². The number of hydrogen-bond donors (Lipinski definition) is 3. The van der Waals surface area contributed by atoms with E-state index in [4.69, 9.17) is 9.72 Å². The summed E-state index contributed by atoms with van der Waals surface area (Å²) in [6.45, 7) is 2.96. The van der Waals surface area contributed by atoms with Crippen molar-refractivity contribution in [3.05, 3.63) is 65.5 Å². The Balaban J connectivity index is 1.09. The normalized spacial score (nSPS) is 12.9. The van der Waals surface area contributed by atoms with Gasteiger partial charge in [-0.2, -0.15) is 0 Å². The van der Waals surface area contributed by atoms with Crippen LogP contribution in [0.5, 0.6) is 5.75 Å². The van der Waals surface area contributed by atoms with E-state index in [-0.39, 0.29) is 11.9 Å². The number of anilines is 1. The van der Waals surface area contributed by atoms with Crippen LogP contribution in [0.25, 0.3) is 21.8 Å². The van der Waals surface area contributed by atoms with E-state index >= 15 is 0 Å². The lowest BCUT2D eigenvalue weighted by atomic mass is 9.92. The zero-order valence-electron chi connectivity index (χ0n) is 22.1. The van der Waals surface area contributed by atoms with Crippen LogP contribution in [-0.4, -0.2) is 34.9 Å². The molecule has 0 saturated heterocycles. The molecule has 1 aliphatic rings. The zero-order valence-corrected chi connectivity index (χ0v) is 22.1. The maximum atomic E-state index is 12.5. The van der Waals surface area contributed by atoms with Gasteiger partial charge >= 0.3 is 5.97 Å². The molecule has 0 aliphatic heterocycles. The molecule has 7 nitrogen and oxygen atoms in total. The number of amides is 1. The van der Waals surface area contributed by atoms with Gasteiger partial charge in [0.15, 0.2) is 0 Å². The summed E-state index contributed by atoms with van der Waals surface area (Å²) in [5.74, 6) is 0.306. The average Bonchev–Trinajstić information content (AvgIpc) is 3.32. The number of aromatic nitrogens is 2. The van der Waals surface area contributed by atoms with Gasteiger partial charge in [0.1, 0.15) is 5.75 Å². The van der Waals surface area contributed by atoms with Gasteiger partial charge in [-0.15, -0.1) is 0 Å². The molecule has 4 aromatic rings. The number of aryl methyl sites for hydroxylation is 1. The van der Waals surface area contributed by atoms with Gasteiger partial charge < -0.3 is 20.4 Å². The first kappa shape index (κ1) is 25.8. The molecular formula is C31H36N4O3. The van der Waals surface area contributed by atoms with Crippen molar-refractivity contribution < 1.29 is 14.3 Å². The van der Waals surface area contributed by atoms with Crippen LogP contribution in [0.4, 0.5) is 5.69 Å². The number of carbonyl (C=O) groups is 2. The number of para-hydroxylation sites is 1. The van der Waals surface area contributed by atoms with Crippen molar-refractivity contribution >= 4 is 39.4 Å². The first-order valence-electron chi connectivity index (χ1n) is 13.8. The standard InChI is InChI=1S/C31H36N4O3/c1-21(36)32-18-16-22-20-34-27-15-14-23(19-26(22)27)38-30(37)13-3-2-8-17-33-31-24-9-4-6-11-28(24)35-29-12-7-5-10-25(29)31/h4,6,9,11,14-15,19-20,34H,2-3,5,7-8,10,12-13,16-18H2,1H3,(H,32,36)(H,33,35). The fraction of sp³-hybridized carbons (Fsp3) is 0.387. The number of benzene rings is 2. The van der Waals surface area contributed by atoms with E-state index in [9.17, 15) is 9.59 Å². The maximum Gasteiger partial charge on any atom is 0.311 e. The van der Waals surface area contributed by atoms with E-state index in [1.54, 1.807) is 0 Å². The van der Waals surface area contributed by atoms with Crippen molar-refractivity contribution in [2.75, 3.05) is 18.4 Å². The first-order valence-corrected chi connectivity index (χ1v) is 13.8. The second-order valence-electron chi connectivity index (χ2n) is 10.1. The zero-order chi connectivity index (χ0) is 26.3. The third-order valence-electron chi connectivity index (χ3n) is 7.27. The molecule has 198 valence electrons. The number of nitrogens with zero attached hydrogens (tertiary/aromatic N) is 1. The number of pyridine rings is 1. The van der Waals surface area contributed by atoms with E-state index < -0.39 is 0 Å². The Morgan fingerprint density at radius 2 is 1.87 bits per heavy atom. The van der Waals surface area contributed by atoms with Gasteiger partial charge in [-0.1, -0.05) is 24.6 Å². The SMILES string of the molecule is CC(=O)NCCc1c[nH]c2ccc(OC(=O)CCCCCNc3c4c(nc5ccccc35)CCCC4)cc12. The quantitative estimate of drug-likeness (QED) is 0.133. The Morgan fingerprint density at radius 1 is 1.00 bits per heavy atom. The smallest absolute Gasteiger partial charge is 0.311 e. The van der Waals surface area contributed by atoms with Crippen LogP contribution < -0.4 is 15.4 Å². The van der Waals surface area contributed by atoms with Crippen LogP contribution in [0.15, 0.2) is 48.7 Å². The molecule has 2 aromatic heterocycles. The predicted octanol–water partition coefficient (Wildman–Crippen LogP) is 5.85. The highest BCUT2D eigenvalue weighted by Gasteiger charge is 2.17. The van der Waals surface area contributed by atoms with Crippen LogP contribution in [0, 0.1) is 0 Å². The number of unbranched alkanes of at least 4 members (excludes halogenated alkanes) is 2. The highest BCUT2D eigenvalue weighted by molar-refractivity contribution is 5.93. The fourth-order valence-electron chi connectivity index (χ4n) is 5.34. The van der Waals surface area contributed by atoms with Crippen molar-refractivity contribution in [3.8, 4) is 5.75 Å². The van der Waals surface area contributed by atoms with Crippen molar-refractivity contribution in [1.82, 2.24) is 15.3 Å². The Kier molecular flexibility index (Phi) is 8.22. The van der Waals surface area contributed by atoms with Crippen LogP contribution in [0.3, 0.4) is 0 Å². The summed E-state index contributed by atoms with van der Waals surface area (Å²) >= 11 is 0. The second kappa shape index (κ2) is 12.1. The molecule has 3 N–H and O–H groups in total. The monoisotopic (exact) mass is 512 g/mol. The van der Waals surface area contributed by atoms with Gasteiger partial charge in [-0.05, 0) is 80.3 Å². The molecule has 2 aromatic carbocycles. The van der Waals surface area contributed by atoms with Crippen LogP contribution in [-0.2, 0) is 28.9 Å². The van der Waals surface area contributed by atoms with E-state index in [0.717, 1.165) is 60.6 Å². The molecule has 0 fully saturated rings. The molecule has 0 unspecified atom stereocenters. The van der Waals surface area contributed by atoms with Crippen molar-refractivity contribution in [2.45, 2.75) is 64.7 Å². The summed E-state index contributed by atoms with van der Waals surface area (Å²) in [4.78, 5) is 31.8. The Hall–Kier alpha value is -3.87. The maximum absolute atomic E-state index is 12.5. The van der Waals surface area contributed by atoms with Crippen molar-refractivity contribution in [3.63, 3.8) is 0 Å². The number of esters is 1. The largest absolute Gasteiger partial charge is 0.427 e. The van der Waals surface area contributed by atoms with Gasteiger partial charge in [-0.3, -0.25) is 14.6 Å². The molecule has 0 radical (unpaired) electrons. The third kappa shape index (κ3) is 6.15. The molecule has 7 heteroatoms. The fourth-order valence-corrected chi connectivity index (χ4v) is 5.34. The molecule has 0 bridgehead atoms. The minimum atomic E-state index is -0.207. The average molecular weight is 513 g/mol. The van der Waals surface area contributed by atoms with E-state index in [1.165, 1.54) is 42.1 Å². The number of ether oxygens (including phenoxy) is 1. The van der Waals surface area contributed by atoms with Crippen molar-refractivity contribution in [1.29, 1.82) is 0 Å². The summed E-state index contributed by atoms with van der Waals surface area (Å²) in [6, 6.07) is 14.0. The number of carbonyl (C=O) groups excluding carboxylic acids is 2. The van der Waals surface area contributed by atoms with Gasteiger partial charge in [0.05, 0.1) is 5.52 Å². The molecular weight excluding hydrogens is 476 g/mol. The summed E-state index contributed by atoms with van der Waals surface area (Å²) in [6.07, 6.45) is 10.4. The lowest BCUT2D eigenvalue weighted by molar-refractivity contribution is -0.134. The van der Waals surface area contributed by atoms with Gasteiger partial charge in [0.2, 0.25) is 5.91 Å². The van der Waals surface area contributed by atoms with E-state index in [0.29, 0.717) is 25.1 Å². The minimum absolute atomic E-state index is 0.0417. The van der Waals surface area contributed by atoms with Gasteiger partial charge in [0.25, 0.3) is 0 Å². The summed E-state index contributed by atoms with van der Waals surface area (Å²) in [7, 11) is 0. The predicted molar refractivity (Wildman–Crippen MR) is 152 cm³/mol. The van der Waals surface area contributed by atoms with E-state index in [1.807, 2.05) is 24.4 Å². The van der Waals surface area contributed by atoms with E-state index in [2.05, 4.69) is 39.9 Å². The Morgan fingerprint density at radius 3 is 2.76 bits per heavy atom. The first-order chi connectivity index (χ1) is 18.6. The second-order valence-corrected chi connectivity index (χ2v) is 10.1. The van der Waals surface area contributed by atoms with Crippen LogP contribution in [0.2, 0.25) is 0 Å².